The highest BCUT2D eigenvalue weighted by atomic mass is 16.5. The summed E-state index contributed by atoms with van der Waals surface area (Å²) in [6.07, 6.45) is 4.42. The molecule has 0 aromatic heterocycles. The number of fused-ring (bicyclic) bond motifs is 1. The number of benzene rings is 1. The van der Waals surface area contributed by atoms with E-state index >= 15 is 0 Å². The van der Waals surface area contributed by atoms with E-state index in [1.807, 2.05) is 6.07 Å². The van der Waals surface area contributed by atoms with E-state index < -0.39 is 0 Å². The van der Waals surface area contributed by atoms with Crippen molar-refractivity contribution in [1.29, 1.82) is 0 Å². The molecule has 0 spiro atoms. The van der Waals surface area contributed by atoms with E-state index in [1.54, 1.807) is 0 Å². The van der Waals surface area contributed by atoms with Crippen LogP contribution >= 0.6 is 0 Å². The number of rotatable bonds is 7. The first-order valence-corrected chi connectivity index (χ1v) is 6.90. The average molecular weight is 249 g/mol. The second-order valence-electron chi connectivity index (χ2n) is 4.82. The van der Waals surface area contributed by atoms with E-state index in [9.17, 15) is 0 Å². The predicted octanol–water partition coefficient (Wildman–Crippen LogP) is 2.83. The zero-order chi connectivity index (χ0) is 12.8. The van der Waals surface area contributed by atoms with Gasteiger partial charge < -0.3 is 15.2 Å². The molecule has 3 heteroatoms. The van der Waals surface area contributed by atoms with Crippen LogP contribution in [0.4, 0.5) is 0 Å². The maximum absolute atomic E-state index is 6.00. The van der Waals surface area contributed by atoms with E-state index in [-0.39, 0.29) is 6.04 Å². The minimum atomic E-state index is 0.214. The Morgan fingerprint density at radius 1 is 1.28 bits per heavy atom. The smallest absolute Gasteiger partial charge is 0.119 e. The molecule has 0 saturated heterocycles. The number of nitrogens with two attached hydrogens (primary N) is 1. The van der Waals surface area contributed by atoms with Crippen molar-refractivity contribution in [3.63, 3.8) is 0 Å². The highest BCUT2D eigenvalue weighted by Gasteiger charge is 2.18. The van der Waals surface area contributed by atoms with Crippen LogP contribution in [0.1, 0.15) is 43.4 Å². The minimum absolute atomic E-state index is 0.214. The van der Waals surface area contributed by atoms with Crippen molar-refractivity contribution >= 4 is 0 Å². The van der Waals surface area contributed by atoms with Gasteiger partial charge in [0, 0.05) is 12.6 Å². The van der Waals surface area contributed by atoms with Gasteiger partial charge in [-0.05, 0) is 42.5 Å². The number of ether oxygens (including phenoxy) is 2. The maximum atomic E-state index is 6.00. The lowest BCUT2D eigenvalue weighted by atomic mass is 10.1. The normalized spacial score (nSPS) is 17.8. The molecule has 3 nitrogen and oxygen atoms in total. The summed E-state index contributed by atoms with van der Waals surface area (Å²) < 4.78 is 11.1. The summed E-state index contributed by atoms with van der Waals surface area (Å²) in [4.78, 5) is 0. The molecule has 1 aromatic carbocycles. The van der Waals surface area contributed by atoms with Crippen molar-refractivity contribution < 1.29 is 9.47 Å². The van der Waals surface area contributed by atoms with Crippen molar-refractivity contribution in [3.8, 4) is 5.75 Å². The van der Waals surface area contributed by atoms with Crippen LogP contribution in [0.15, 0.2) is 18.2 Å². The van der Waals surface area contributed by atoms with Gasteiger partial charge in [-0.1, -0.05) is 19.4 Å². The molecule has 0 saturated carbocycles. The Bertz CT molecular complexity index is 379. The van der Waals surface area contributed by atoms with E-state index in [2.05, 4.69) is 19.1 Å². The van der Waals surface area contributed by atoms with Crippen LogP contribution in [0.5, 0.6) is 5.75 Å². The van der Waals surface area contributed by atoms with Gasteiger partial charge in [-0.15, -0.1) is 0 Å². The van der Waals surface area contributed by atoms with Gasteiger partial charge in [-0.25, -0.2) is 0 Å². The summed E-state index contributed by atoms with van der Waals surface area (Å²) in [5, 5.41) is 0. The quantitative estimate of drug-likeness (QED) is 0.756. The molecule has 0 aliphatic heterocycles. The van der Waals surface area contributed by atoms with E-state index in [1.165, 1.54) is 17.5 Å². The first-order valence-electron chi connectivity index (χ1n) is 6.90. The van der Waals surface area contributed by atoms with Gasteiger partial charge in [0.2, 0.25) is 0 Å². The molecule has 0 unspecified atom stereocenters. The Kier molecular flexibility index (Phi) is 5.02. The maximum Gasteiger partial charge on any atom is 0.119 e. The van der Waals surface area contributed by atoms with Crippen LogP contribution in [0.2, 0.25) is 0 Å². The van der Waals surface area contributed by atoms with E-state index in [0.29, 0.717) is 13.2 Å². The standard InChI is InChI=1S/C15H23NO2/c1-2-3-8-17-9-10-18-13-5-6-14-12(11-13)4-7-15(14)16/h5-6,11,15H,2-4,7-10,16H2,1H3/t15-/m1/s1. The number of unbranched alkanes of at least 4 members (excludes halogenated alkanes) is 1. The number of hydrogen-bond acceptors (Lipinski definition) is 3. The first kappa shape index (κ1) is 13.4. The largest absolute Gasteiger partial charge is 0.491 e. The van der Waals surface area contributed by atoms with Crippen molar-refractivity contribution in [2.45, 2.75) is 38.6 Å². The predicted molar refractivity (Wildman–Crippen MR) is 72.9 cm³/mol. The fraction of sp³-hybridized carbons (Fsp3) is 0.600. The molecule has 2 N–H and O–H groups in total. The Balaban J connectivity index is 1.74. The molecule has 1 aromatic rings. The second-order valence-corrected chi connectivity index (χ2v) is 4.82. The van der Waals surface area contributed by atoms with E-state index in [0.717, 1.165) is 31.6 Å². The van der Waals surface area contributed by atoms with Crippen LogP contribution in [0, 0.1) is 0 Å². The zero-order valence-corrected chi connectivity index (χ0v) is 11.2. The Morgan fingerprint density at radius 2 is 2.17 bits per heavy atom. The van der Waals surface area contributed by atoms with Crippen LogP contribution in [0.3, 0.4) is 0 Å². The van der Waals surface area contributed by atoms with Crippen LogP contribution in [-0.2, 0) is 11.2 Å². The van der Waals surface area contributed by atoms with Gasteiger partial charge >= 0.3 is 0 Å². The minimum Gasteiger partial charge on any atom is -0.491 e. The monoisotopic (exact) mass is 249 g/mol. The van der Waals surface area contributed by atoms with Gasteiger partial charge in [0.15, 0.2) is 0 Å². The zero-order valence-electron chi connectivity index (χ0n) is 11.2. The third-order valence-corrected chi connectivity index (χ3v) is 3.38. The summed E-state index contributed by atoms with van der Waals surface area (Å²) >= 11 is 0. The Morgan fingerprint density at radius 3 is 3.00 bits per heavy atom. The third kappa shape index (κ3) is 3.47. The van der Waals surface area contributed by atoms with Gasteiger partial charge in [0.25, 0.3) is 0 Å². The molecule has 1 atom stereocenters. The molecule has 1 aliphatic rings. The molecular weight excluding hydrogens is 226 g/mol. The van der Waals surface area contributed by atoms with Crippen LogP contribution < -0.4 is 10.5 Å². The molecule has 0 heterocycles. The van der Waals surface area contributed by atoms with Crippen LogP contribution in [-0.4, -0.2) is 19.8 Å². The van der Waals surface area contributed by atoms with Gasteiger partial charge in [-0.3, -0.25) is 0 Å². The average Bonchev–Trinajstić information content (AvgIpc) is 2.75. The molecule has 0 fully saturated rings. The molecule has 0 amide bonds. The van der Waals surface area contributed by atoms with Gasteiger partial charge in [0.1, 0.15) is 12.4 Å². The Hall–Kier alpha value is -1.06. The second kappa shape index (κ2) is 6.76. The molecule has 100 valence electrons. The van der Waals surface area contributed by atoms with Crippen molar-refractivity contribution in [2.24, 2.45) is 5.73 Å². The Labute approximate surface area is 109 Å². The highest BCUT2D eigenvalue weighted by Crippen LogP contribution is 2.31. The fourth-order valence-corrected chi connectivity index (χ4v) is 2.28. The summed E-state index contributed by atoms with van der Waals surface area (Å²) in [6.45, 7) is 4.28. The fourth-order valence-electron chi connectivity index (χ4n) is 2.28. The van der Waals surface area contributed by atoms with Crippen molar-refractivity contribution in [2.75, 3.05) is 19.8 Å². The summed E-state index contributed by atoms with van der Waals surface area (Å²) in [5.74, 6) is 0.932. The third-order valence-electron chi connectivity index (χ3n) is 3.38. The number of hydrogen-bond donors (Lipinski definition) is 1. The lowest BCUT2D eigenvalue weighted by molar-refractivity contribution is 0.0980. The molecular formula is C15H23NO2. The molecule has 1 aliphatic carbocycles. The lowest BCUT2D eigenvalue weighted by Gasteiger charge is -2.09. The van der Waals surface area contributed by atoms with Crippen molar-refractivity contribution in [3.05, 3.63) is 29.3 Å². The number of aryl methyl sites for hydroxylation is 1. The van der Waals surface area contributed by atoms with Gasteiger partial charge in [0.05, 0.1) is 6.61 Å². The topological polar surface area (TPSA) is 44.5 Å². The lowest BCUT2D eigenvalue weighted by Crippen LogP contribution is -2.08. The van der Waals surface area contributed by atoms with Gasteiger partial charge in [-0.2, -0.15) is 0 Å². The summed E-state index contributed by atoms with van der Waals surface area (Å²) in [5.41, 5.74) is 8.62. The molecule has 0 radical (unpaired) electrons. The SMILES string of the molecule is CCCCOCCOc1ccc2c(c1)CC[C@H]2N. The summed E-state index contributed by atoms with van der Waals surface area (Å²) in [6, 6.07) is 6.44. The molecule has 18 heavy (non-hydrogen) atoms. The first-order chi connectivity index (χ1) is 8.81. The highest BCUT2D eigenvalue weighted by molar-refractivity contribution is 5.40. The molecule has 2 rings (SSSR count). The van der Waals surface area contributed by atoms with Crippen molar-refractivity contribution in [1.82, 2.24) is 0 Å². The van der Waals surface area contributed by atoms with E-state index in [4.69, 9.17) is 15.2 Å². The summed E-state index contributed by atoms with van der Waals surface area (Å²) in [7, 11) is 0. The van der Waals surface area contributed by atoms with Crippen LogP contribution in [0.25, 0.3) is 0 Å². The molecule has 0 bridgehead atoms.